The van der Waals surface area contributed by atoms with Crippen molar-refractivity contribution in [3.63, 3.8) is 0 Å². The van der Waals surface area contributed by atoms with Crippen LogP contribution in [0.3, 0.4) is 0 Å². The van der Waals surface area contributed by atoms with Crippen molar-refractivity contribution in [3.05, 3.63) is 59.5 Å². The predicted molar refractivity (Wildman–Crippen MR) is 112 cm³/mol. The number of aryl methyl sites for hydroxylation is 2. The number of carbonyl (C=O) groups is 1. The number of aromatic nitrogens is 2. The molecule has 1 N–H and O–H groups in total. The zero-order valence-corrected chi connectivity index (χ0v) is 17.6. The number of rotatable bonds is 5. The van der Waals surface area contributed by atoms with Crippen molar-refractivity contribution in [1.29, 1.82) is 0 Å². The van der Waals surface area contributed by atoms with E-state index >= 15 is 0 Å². The molecule has 0 radical (unpaired) electrons. The van der Waals surface area contributed by atoms with Gasteiger partial charge >= 0.3 is 11.8 Å². The summed E-state index contributed by atoms with van der Waals surface area (Å²) < 4.78 is 33.7. The zero-order chi connectivity index (χ0) is 21.3. The molecule has 2 aromatic carbocycles. The molecule has 0 atom stereocenters. The van der Waals surface area contributed by atoms with E-state index in [0.29, 0.717) is 29.9 Å². The Labute approximate surface area is 175 Å². The van der Waals surface area contributed by atoms with Gasteiger partial charge in [0.05, 0.1) is 4.90 Å². The van der Waals surface area contributed by atoms with Crippen LogP contribution in [0.5, 0.6) is 0 Å². The van der Waals surface area contributed by atoms with Crippen LogP contribution in [-0.4, -0.2) is 42.5 Å². The summed E-state index contributed by atoms with van der Waals surface area (Å²) in [6, 6.07) is 12.0. The second-order valence-electron chi connectivity index (χ2n) is 7.38. The largest absolute Gasteiger partial charge is 0.334 e. The molecule has 0 saturated carbocycles. The molecule has 2 heterocycles. The number of amides is 1. The first kappa shape index (κ1) is 20.1. The third kappa shape index (κ3) is 4.06. The van der Waals surface area contributed by atoms with Crippen molar-refractivity contribution in [2.75, 3.05) is 17.8 Å². The Morgan fingerprint density at radius 2 is 1.87 bits per heavy atom. The minimum Gasteiger partial charge on any atom is -0.334 e. The Morgan fingerprint density at radius 1 is 1.10 bits per heavy atom. The van der Waals surface area contributed by atoms with E-state index in [2.05, 4.69) is 14.9 Å². The first-order valence-corrected chi connectivity index (χ1v) is 11.2. The van der Waals surface area contributed by atoms with Crippen LogP contribution in [-0.2, 0) is 10.0 Å². The summed E-state index contributed by atoms with van der Waals surface area (Å²) in [6.07, 6.45) is 1.92. The molecule has 30 heavy (non-hydrogen) atoms. The van der Waals surface area contributed by atoms with Crippen LogP contribution < -0.4 is 4.72 Å². The maximum Gasteiger partial charge on any atom is 0.316 e. The number of likely N-dealkylation sites (tertiary alicyclic amines) is 1. The molecule has 8 nitrogen and oxygen atoms in total. The smallest absolute Gasteiger partial charge is 0.316 e. The van der Waals surface area contributed by atoms with E-state index in [0.717, 1.165) is 18.4 Å². The van der Waals surface area contributed by atoms with Crippen LogP contribution in [0.15, 0.2) is 51.9 Å². The lowest BCUT2D eigenvalue weighted by atomic mass is 10.1. The molecule has 3 aromatic rings. The molecule has 1 aliphatic rings. The van der Waals surface area contributed by atoms with E-state index in [-0.39, 0.29) is 22.5 Å². The van der Waals surface area contributed by atoms with Crippen molar-refractivity contribution in [1.82, 2.24) is 15.0 Å². The zero-order valence-electron chi connectivity index (χ0n) is 16.8. The molecule has 1 aromatic heterocycles. The molecular weight excluding hydrogens is 404 g/mol. The van der Waals surface area contributed by atoms with Gasteiger partial charge in [-0.15, -0.1) is 0 Å². The highest BCUT2D eigenvalue weighted by Gasteiger charge is 2.26. The van der Waals surface area contributed by atoms with Gasteiger partial charge in [-0.3, -0.25) is 9.52 Å². The van der Waals surface area contributed by atoms with Gasteiger partial charge in [0, 0.05) is 24.3 Å². The Balaban J connectivity index is 1.63. The number of nitrogens with one attached hydrogen (secondary N) is 1. The lowest BCUT2D eigenvalue weighted by molar-refractivity contribution is 0.0743. The van der Waals surface area contributed by atoms with Crippen LogP contribution in [0.2, 0.25) is 0 Å². The fourth-order valence-electron chi connectivity index (χ4n) is 3.43. The van der Waals surface area contributed by atoms with Gasteiger partial charge in [-0.05, 0) is 56.0 Å². The van der Waals surface area contributed by atoms with E-state index in [9.17, 15) is 13.2 Å². The molecule has 0 aliphatic carbocycles. The molecule has 0 spiro atoms. The molecule has 9 heteroatoms. The molecule has 4 rings (SSSR count). The molecule has 1 aliphatic heterocycles. The number of anilines is 1. The van der Waals surface area contributed by atoms with Gasteiger partial charge in [0.2, 0.25) is 5.82 Å². The van der Waals surface area contributed by atoms with Gasteiger partial charge in [0.1, 0.15) is 0 Å². The molecule has 156 valence electrons. The van der Waals surface area contributed by atoms with Crippen molar-refractivity contribution in [3.8, 4) is 11.4 Å². The van der Waals surface area contributed by atoms with Gasteiger partial charge in [-0.25, -0.2) is 8.42 Å². The van der Waals surface area contributed by atoms with Crippen molar-refractivity contribution in [2.24, 2.45) is 0 Å². The Bertz CT molecular complexity index is 1200. The highest BCUT2D eigenvalue weighted by molar-refractivity contribution is 7.92. The van der Waals surface area contributed by atoms with E-state index in [1.165, 1.54) is 6.07 Å². The first-order chi connectivity index (χ1) is 14.3. The highest BCUT2D eigenvalue weighted by atomic mass is 32.2. The summed E-state index contributed by atoms with van der Waals surface area (Å²) in [7, 11) is -3.83. The highest BCUT2D eigenvalue weighted by Crippen LogP contribution is 2.26. The number of nitrogens with zero attached hydrogens (tertiary/aromatic N) is 3. The number of sulfonamides is 1. The van der Waals surface area contributed by atoms with Crippen LogP contribution in [0.1, 0.15) is 34.7 Å². The minimum atomic E-state index is -3.83. The average molecular weight is 426 g/mol. The van der Waals surface area contributed by atoms with Gasteiger partial charge in [0.25, 0.3) is 10.0 Å². The number of carbonyl (C=O) groups excluding carboxylic acids is 1. The van der Waals surface area contributed by atoms with Crippen LogP contribution in [0, 0.1) is 13.8 Å². The monoisotopic (exact) mass is 426 g/mol. The molecule has 1 amide bonds. The summed E-state index contributed by atoms with van der Waals surface area (Å²) in [5.41, 5.74) is 2.46. The average Bonchev–Trinajstić information content (AvgIpc) is 3.40. The van der Waals surface area contributed by atoms with E-state index in [1.807, 2.05) is 13.0 Å². The Morgan fingerprint density at radius 3 is 2.60 bits per heavy atom. The Hall–Kier alpha value is -3.20. The molecule has 1 saturated heterocycles. The van der Waals surface area contributed by atoms with Crippen molar-refractivity contribution < 1.29 is 17.7 Å². The summed E-state index contributed by atoms with van der Waals surface area (Å²) >= 11 is 0. The molecule has 0 unspecified atom stereocenters. The van der Waals surface area contributed by atoms with Crippen LogP contribution >= 0.6 is 0 Å². The van der Waals surface area contributed by atoms with Crippen LogP contribution in [0.25, 0.3) is 11.4 Å². The van der Waals surface area contributed by atoms with E-state index in [1.54, 1.807) is 42.2 Å². The minimum absolute atomic E-state index is 0.0882. The van der Waals surface area contributed by atoms with Crippen molar-refractivity contribution >= 4 is 21.6 Å². The lowest BCUT2D eigenvalue weighted by Crippen LogP contribution is -2.27. The second-order valence-corrected chi connectivity index (χ2v) is 9.03. The van der Waals surface area contributed by atoms with E-state index in [4.69, 9.17) is 4.52 Å². The van der Waals surface area contributed by atoms with Crippen LogP contribution in [0.4, 0.5) is 5.69 Å². The van der Waals surface area contributed by atoms with E-state index < -0.39 is 10.0 Å². The fourth-order valence-corrected chi connectivity index (χ4v) is 4.75. The predicted octanol–water partition coefficient (Wildman–Crippen LogP) is 3.39. The summed E-state index contributed by atoms with van der Waals surface area (Å²) in [6.45, 7) is 4.95. The maximum atomic E-state index is 13.0. The first-order valence-electron chi connectivity index (χ1n) is 9.67. The summed E-state index contributed by atoms with van der Waals surface area (Å²) in [4.78, 5) is 18.4. The third-order valence-corrected chi connectivity index (χ3v) is 6.53. The molecule has 0 bridgehead atoms. The molecular formula is C21H22N4O4S. The summed E-state index contributed by atoms with van der Waals surface area (Å²) in [5.74, 6) is -0.216. The topological polar surface area (TPSA) is 105 Å². The van der Waals surface area contributed by atoms with Gasteiger partial charge in [-0.1, -0.05) is 29.4 Å². The van der Waals surface area contributed by atoms with Gasteiger partial charge in [-0.2, -0.15) is 4.98 Å². The Kier molecular flexibility index (Phi) is 5.29. The van der Waals surface area contributed by atoms with Gasteiger partial charge < -0.3 is 9.42 Å². The normalized spacial score (nSPS) is 14.1. The number of hydrogen-bond acceptors (Lipinski definition) is 6. The summed E-state index contributed by atoms with van der Waals surface area (Å²) in [5, 5.41) is 3.88. The second kappa shape index (κ2) is 7.91. The number of benzene rings is 2. The van der Waals surface area contributed by atoms with Crippen molar-refractivity contribution in [2.45, 2.75) is 31.6 Å². The number of hydrogen-bond donors (Lipinski definition) is 1. The maximum absolute atomic E-state index is 13.0. The third-order valence-electron chi connectivity index (χ3n) is 5.01. The quantitative estimate of drug-likeness (QED) is 0.670. The SMILES string of the molecule is Cc1cccc(NS(=O)(=O)c2cc(-c3noc(C(=O)N4CCCC4)n3)ccc2C)c1. The molecule has 1 fully saturated rings. The van der Waals surface area contributed by atoms with Gasteiger partial charge in [0.15, 0.2) is 0 Å². The standard InChI is InChI=1S/C21H22N4O4S/c1-14-6-5-7-17(12-14)24-30(27,28)18-13-16(9-8-15(18)2)19-22-20(29-23-19)21(26)25-10-3-4-11-25/h5-9,12-13,24H,3-4,10-11H2,1-2H3. The fraction of sp³-hybridized carbons (Fsp3) is 0.286. The lowest BCUT2D eigenvalue weighted by Gasteiger charge is -2.12.